The van der Waals surface area contributed by atoms with Crippen LogP contribution in [0.2, 0.25) is 0 Å². The van der Waals surface area contributed by atoms with Gasteiger partial charge >= 0.3 is 0 Å². The van der Waals surface area contributed by atoms with Crippen molar-refractivity contribution in [2.45, 2.75) is 0 Å². The fourth-order valence-electron chi connectivity index (χ4n) is 8.57. The predicted octanol–water partition coefficient (Wildman–Crippen LogP) is 14.9. The van der Waals surface area contributed by atoms with Crippen LogP contribution in [0, 0.1) is 0 Å². The highest BCUT2D eigenvalue weighted by Gasteiger charge is 2.23. The number of benzene rings is 9. The van der Waals surface area contributed by atoms with Crippen molar-refractivity contribution in [1.82, 2.24) is 9.97 Å². The summed E-state index contributed by atoms with van der Waals surface area (Å²) in [5.74, 6) is 0.689. The molecular weight excluding hydrogens is 701 g/mol. The lowest BCUT2D eigenvalue weighted by Gasteiger charge is -2.15. The molecule has 58 heavy (non-hydrogen) atoms. The quantitative estimate of drug-likeness (QED) is 0.163. The van der Waals surface area contributed by atoms with Crippen LogP contribution in [0.1, 0.15) is 0 Å². The van der Waals surface area contributed by atoms with Gasteiger partial charge in [-0.25, -0.2) is 9.97 Å². The molecule has 0 fully saturated rings. The second-order valence-electron chi connectivity index (χ2n) is 14.9. The third-order valence-electron chi connectivity index (χ3n) is 11.5. The Bertz CT molecular complexity index is 2980. The van der Waals surface area contributed by atoms with Gasteiger partial charge < -0.3 is 0 Å². The number of hydrogen-bond donors (Lipinski definition) is 0. The Balaban J connectivity index is 1.09. The number of fused-ring (bicyclic) bond motifs is 3. The topological polar surface area (TPSA) is 25.8 Å². The minimum atomic E-state index is 0.689. The molecule has 1 aliphatic carbocycles. The fourth-order valence-corrected chi connectivity index (χ4v) is 8.57. The third-order valence-corrected chi connectivity index (χ3v) is 11.5. The summed E-state index contributed by atoms with van der Waals surface area (Å²) in [5.41, 5.74) is 19.3. The Morgan fingerprint density at radius 3 is 1.24 bits per heavy atom. The van der Waals surface area contributed by atoms with Gasteiger partial charge in [-0.2, -0.15) is 0 Å². The Kier molecular flexibility index (Phi) is 8.19. The molecule has 9 aromatic carbocycles. The van der Waals surface area contributed by atoms with Crippen LogP contribution >= 0.6 is 0 Å². The molecule has 1 aromatic heterocycles. The molecule has 0 aliphatic heterocycles. The summed E-state index contributed by atoms with van der Waals surface area (Å²) < 4.78 is 0. The van der Waals surface area contributed by atoms with E-state index < -0.39 is 0 Å². The van der Waals surface area contributed by atoms with Crippen molar-refractivity contribution in [3.05, 3.63) is 218 Å². The van der Waals surface area contributed by atoms with Crippen molar-refractivity contribution in [2.24, 2.45) is 0 Å². The van der Waals surface area contributed by atoms with Gasteiger partial charge in [-0.15, -0.1) is 0 Å². The van der Waals surface area contributed by atoms with Crippen LogP contribution in [0.3, 0.4) is 0 Å². The second-order valence-corrected chi connectivity index (χ2v) is 14.9. The maximum Gasteiger partial charge on any atom is 0.160 e. The van der Waals surface area contributed by atoms with Crippen molar-refractivity contribution in [3.63, 3.8) is 0 Å². The van der Waals surface area contributed by atoms with Gasteiger partial charge in [0.25, 0.3) is 0 Å². The van der Waals surface area contributed by atoms with Crippen LogP contribution < -0.4 is 0 Å². The molecule has 0 spiro atoms. The van der Waals surface area contributed by atoms with Gasteiger partial charge in [0.2, 0.25) is 0 Å². The van der Waals surface area contributed by atoms with Crippen molar-refractivity contribution >= 4 is 10.8 Å². The van der Waals surface area contributed by atoms with Gasteiger partial charge in [-0.1, -0.05) is 194 Å². The Labute approximate surface area is 338 Å². The Morgan fingerprint density at radius 2 is 0.638 bits per heavy atom. The molecule has 0 amide bonds. The standard InChI is InChI=1S/C56H36N2/c1-4-13-37(14-5-1)40-23-27-42(28-24-40)53-36-54(58-56(57-53)43-29-25-41(26-30-43)38-15-6-2-7-16-38)46-34-44(39-17-8-3-9-18-39)33-45(35-46)47-31-32-52-49-20-11-10-19-48(49)51-22-12-21-50(47)55(51)52/h1-36H. The second kappa shape index (κ2) is 14.1. The van der Waals surface area contributed by atoms with Crippen LogP contribution in [0.4, 0.5) is 0 Å². The summed E-state index contributed by atoms with van der Waals surface area (Å²) >= 11 is 0. The predicted molar refractivity (Wildman–Crippen MR) is 242 cm³/mol. The first-order valence-corrected chi connectivity index (χ1v) is 19.8. The first kappa shape index (κ1) is 33.6. The molecule has 0 radical (unpaired) electrons. The molecule has 0 N–H and O–H groups in total. The van der Waals surface area contributed by atoms with Gasteiger partial charge in [-0.05, 0) is 102 Å². The molecule has 0 bridgehead atoms. The maximum absolute atomic E-state index is 5.35. The molecule has 0 unspecified atom stereocenters. The van der Waals surface area contributed by atoms with Gasteiger partial charge in [0.05, 0.1) is 11.4 Å². The average Bonchev–Trinajstić information content (AvgIpc) is 3.64. The lowest BCUT2D eigenvalue weighted by Crippen LogP contribution is -1.97. The fraction of sp³-hybridized carbons (Fsp3) is 0. The van der Waals surface area contributed by atoms with Gasteiger partial charge in [0.15, 0.2) is 5.82 Å². The van der Waals surface area contributed by atoms with Crippen LogP contribution in [0.15, 0.2) is 218 Å². The van der Waals surface area contributed by atoms with Crippen LogP contribution in [0.5, 0.6) is 0 Å². The van der Waals surface area contributed by atoms with Crippen LogP contribution in [-0.4, -0.2) is 9.97 Å². The Hall–Kier alpha value is -7.68. The molecule has 0 saturated carbocycles. The average molecular weight is 737 g/mol. The third kappa shape index (κ3) is 6.00. The highest BCUT2D eigenvalue weighted by molar-refractivity contribution is 6.18. The SMILES string of the molecule is c1ccc(-c2ccc(-c3cc(-c4cc(-c5ccccc5)cc(-c5ccc6c7c(cccc57)-c5ccccc5-6)c4)nc(-c4ccc(-c5ccccc5)cc4)n3)cc2)cc1. The number of hydrogen-bond acceptors (Lipinski definition) is 2. The molecule has 11 rings (SSSR count). The van der Waals surface area contributed by atoms with Gasteiger partial charge in [0, 0.05) is 16.7 Å². The van der Waals surface area contributed by atoms with E-state index in [0.717, 1.165) is 50.3 Å². The summed E-state index contributed by atoms with van der Waals surface area (Å²) in [6.07, 6.45) is 0. The zero-order chi connectivity index (χ0) is 38.4. The summed E-state index contributed by atoms with van der Waals surface area (Å²) in [6, 6.07) is 78.1. The zero-order valence-corrected chi connectivity index (χ0v) is 31.7. The molecule has 1 heterocycles. The van der Waals surface area contributed by atoms with E-state index in [4.69, 9.17) is 9.97 Å². The van der Waals surface area contributed by atoms with Gasteiger partial charge in [0.1, 0.15) is 0 Å². The minimum absolute atomic E-state index is 0.689. The lowest BCUT2D eigenvalue weighted by atomic mass is 9.90. The van der Waals surface area contributed by atoms with Crippen molar-refractivity contribution in [3.8, 4) is 101 Å². The number of aromatic nitrogens is 2. The molecule has 2 nitrogen and oxygen atoms in total. The summed E-state index contributed by atoms with van der Waals surface area (Å²) in [5, 5.41) is 2.57. The van der Waals surface area contributed by atoms with E-state index >= 15 is 0 Å². The van der Waals surface area contributed by atoms with E-state index in [1.54, 1.807) is 0 Å². The molecule has 0 atom stereocenters. The highest BCUT2D eigenvalue weighted by atomic mass is 14.9. The van der Waals surface area contributed by atoms with E-state index in [-0.39, 0.29) is 0 Å². The first-order valence-electron chi connectivity index (χ1n) is 19.8. The van der Waals surface area contributed by atoms with E-state index in [2.05, 4.69) is 212 Å². The zero-order valence-electron chi connectivity index (χ0n) is 31.7. The molecule has 1 aliphatic rings. The molecular formula is C56H36N2. The number of nitrogens with zero attached hydrogens (tertiary/aromatic N) is 2. The van der Waals surface area contributed by atoms with Crippen molar-refractivity contribution in [1.29, 1.82) is 0 Å². The highest BCUT2D eigenvalue weighted by Crippen LogP contribution is 2.49. The molecule has 10 aromatic rings. The largest absolute Gasteiger partial charge is 0.228 e. The van der Waals surface area contributed by atoms with Crippen LogP contribution in [0.25, 0.3) is 111 Å². The monoisotopic (exact) mass is 736 g/mol. The van der Waals surface area contributed by atoms with E-state index in [9.17, 15) is 0 Å². The van der Waals surface area contributed by atoms with Crippen molar-refractivity contribution in [2.75, 3.05) is 0 Å². The van der Waals surface area contributed by atoms with E-state index in [1.807, 2.05) is 6.07 Å². The van der Waals surface area contributed by atoms with Crippen LogP contribution in [-0.2, 0) is 0 Å². The van der Waals surface area contributed by atoms with Crippen molar-refractivity contribution < 1.29 is 0 Å². The normalized spacial score (nSPS) is 11.4. The number of rotatable bonds is 7. The van der Waals surface area contributed by atoms with E-state index in [0.29, 0.717) is 5.82 Å². The molecule has 2 heteroatoms. The molecule has 0 saturated heterocycles. The van der Waals surface area contributed by atoms with Gasteiger partial charge in [-0.3, -0.25) is 0 Å². The minimum Gasteiger partial charge on any atom is -0.228 e. The molecule has 270 valence electrons. The lowest BCUT2D eigenvalue weighted by molar-refractivity contribution is 1.18. The summed E-state index contributed by atoms with van der Waals surface area (Å²) in [7, 11) is 0. The maximum atomic E-state index is 5.35. The Morgan fingerprint density at radius 1 is 0.224 bits per heavy atom. The summed E-state index contributed by atoms with van der Waals surface area (Å²) in [4.78, 5) is 10.6. The van der Waals surface area contributed by atoms with E-state index in [1.165, 1.54) is 55.3 Å². The smallest absolute Gasteiger partial charge is 0.160 e. The first-order chi connectivity index (χ1) is 28.7. The summed E-state index contributed by atoms with van der Waals surface area (Å²) in [6.45, 7) is 0.